The van der Waals surface area contributed by atoms with E-state index in [0.717, 1.165) is 48.8 Å². The number of rotatable bonds is 9. The first-order chi connectivity index (χ1) is 13.5. The molecule has 0 radical (unpaired) electrons. The molecule has 1 atom stereocenters. The van der Waals surface area contributed by atoms with Gasteiger partial charge in [-0.25, -0.2) is 0 Å². The van der Waals surface area contributed by atoms with Crippen molar-refractivity contribution >= 4 is 5.57 Å². The molecule has 1 aliphatic rings. The molecule has 0 fully saturated rings. The summed E-state index contributed by atoms with van der Waals surface area (Å²) in [5.41, 5.74) is 3.29. The van der Waals surface area contributed by atoms with Crippen molar-refractivity contribution in [1.29, 1.82) is 0 Å². The number of phenols is 2. The predicted molar refractivity (Wildman–Crippen MR) is 122 cm³/mol. The first-order valence-electron chi connectivity index (χ1n) is 11.4. The van der Waals surface area contributed by atoms with E-state index >= 15 is 0 Å². The summed E-state index contributed by atoms with van der Waals surface area (Å²) in [7, 11) is 0. The molecular weight excluding hydrogens is 360 g/mol. The van der Waals surface area contributed by atoms with Gasteiger partial charge in [0, 0.05) is 5.41 Å². The number of benzene rings is 1. The molecule has 2 rings (SSSR count). The predicted octanol–water partition coefficient (Wildman–Crippen LogP) is 6.94. The van der Waals surface area contributed by atoms with Crippen LogP contribution in [-0.2, 0) is 5.41 Å². The van der Waals surface area contributed by atoms with Crippen LogP contribution in [0.2, 0.25) is 0 Å². The molecule has 0 amide bonds. The van der Waals surface area contributed by atoms with E-state index in [1.807, 2.05) is 26.0 Å². The van der Waals surface area contributed by atoms with E-state index in [-0.39, 0.29) is 28.9 Å². The van der Waals surface area contributed by atoms with Crippen LogP contribution in [0.5, 0.6) is 11.5 Å². The number of aromatic hydroxyl groups is 2. The van der Waals surface area contributed by atoms with Gasteiger partial charge in [-0.05, 0) is 60.3 Å². The van der Waals surface area contributed by atoms with E-state index in [4.69, 9.17) is 0 Å². The first-order valence-corrected chi connectivity index (χ1v) is 11.4. The molecule has 0 bridgehead atoms. The normalized spacial score (nSPS) is 18.4. The number of hydrogen-bond donors (Lipinski definition) is 3. The quantitative estimate of drug-likeness (QED) is 0.392. The summed E-state index contributed by atoms with van der Waals surface area (Å²) in [6, 6.07) is 3.70. The van der Waals surface area contributed by atoms with Crippen molar-refractivity contribution < 1.29 is 15.3 Å². The van der Waals surface area contributed by atoms with Crippen molar-refractivity contribution in [1.82, 2.24) is 0 Å². The van der Waals surface area contributed by atoms with Crippen molar-refractivity contribution in [2.45, 2.75) is 98.3 Å². The summed E-state index contributed by atoms with van der Waals surface area (Å²) in [5.74, 6) is 0.825. The van der Waals surface area contributed by atoms with Gasteiger partial charge in [-0.3, -0.25) is 0 Å². The van der Waals surface area contributed by atoms with Gasteiger partial charge in [0.05, 0.1) is 12.2 Å². The van der Waals surface area contributed by atoms with E-state index in [1.165, 1.54) is 19.3 Å². The van der Waals surface area contributed by atoms with E-state index in [9.17, 15) is 15.3 Å². The highest BCUT2D eigenvalue weighted by Gasteiger charge is 2.33. The highest BCUT2D eigenvalue weighted by atomic mass is 16.3. The maximum Gasteiger partial charge on any atom is 0.127 e. The molecule has 0 spiro atoms. The highest BCUT2D eigenvalue weighted by Crippen LogP contribution is 2.49. The van der Waals surface area contributed by atoms with E-state index in [1.54, 1.807) is 0 Å². The number of phenolic OH excluding ortho intramolecular Hbond substituents is 2. The van der Waals surface area contributed by atoms with Gasteiger partial charge in [0.25, 0.3) is 0 Å². The van der Waals surface area contributed by atoms with Crippen LogP contribution in [0.25, 0.3) is 5.57 Å². The third-order valence-corrected chi connectivity index (χ3v) is 6.85. The molecule has 0 aliphatic heterocycles. The Morgan fingerprint density at radius 3 is 2.14 bits per heavy atom. The van der Waals surface area contributed by atoms with E-state index in [2.05, 4.69) is 27.7 Å². The smallest absolute Gasteiger partial charge is 0.127 e. The van der Waals surface area contributed by atoms with Crippen molar-refractivity contribution in [3.05, 3.63) is 28.8 Å². The third kappa shape index (κ3) is 5.57. The Morgan fingerprint density at radius 1 is 0.966 bits per heavy atom. The zero-order chi connectivity index (χ0) is 21.8. The van der Waals surface area contributed by atoms with Gasteiger partial charge in [0.1, 0.15) is 11.5 Å². The van der Waals surface area contributed by atoms with Gasteiger partial charge < -0.3 is 15.3 Å². The Morgan fingerprint density at radius 2 is 1.59 bits per heavy atom. The molecule has 1 aliphatic carbocycles. The lowest BCUT2D eigenvalue weighted by Crippen LogP contribution is -2.24. The third-order valence-electron chi connectivity index (χ3n) is 6.85. The lowest BCUT2D eigenvalue weighted by Gasteiger charge is -2.35. The number of aliphatic hydroxyl groups excluding tert-OH is 1. The largest absolute Gasteiger partial charge is 0.507 e. The van der Waals surface area contributed by atoms with Gasteiger partial charge in [-0.2, -0.15) is 0 Å². The van der Waals surface area contributed by atoms with Gasteiger partial charge in [0.15, 0.2) is 0 Å². The molecule has 1 unspecified atom stereocenters. The maximum atomic E-state index is 11.0. The van der Waals surface area contributed by atoms with Crippen molar-refractivity contribution in [3.8, 4) is 11.5 Å². The van der Waals surface area contributed by atoms with Gasteiger partial charge in [-0.1, -0.05) is 72.8 Å². The Kier molecular flexibility index (Phi) is 7.84. The molecule has 0 heterocycles. The molecule has 1 aromatic rings. The SMILES string of the molecule is CCCCCCC(C)(C)c1cc(O)c(C2=C(C(C)(C)CO)CCC(C)C2)c(O)c1. The highest BCUT2D eigenvalue weighted by molar-refractivity contribution is 5.79. The van der Waals surface area contributed by atoms with E-state index < -0.39 is 0 Å². The van der Waals surface area contributed by atoms with Crippen LogP contribution in [0.1, 0.15) is 104 Å². The number of aliphatic hydroxyl groups is 1. The molecule has 3 nitrogen and oxygen atoms in total. The van der Waals surface area contributed by atoms with Crippen LogP contribution >= 0.6 is 0 Å². The maximum absolute atomic E-state index is 11.0. The van der Waals surface area contributed by atoms with E-state index in [0.29, 0.717) is 11.5 Å². The Hall–Kier alpha value is -1.48. The van der Waals surface area contributed by atoms with Gasteiger partial charge in [0.2, 0.25) is 0 Å². The molecule has 29 heavy (non-hydrogen) atoms. The molecule has 0 saturated carbocycles. The average molecular weight is 403 g/mol. The number of unbranched alkanes of at least 4 members (excludes halogenated alkanes) is 3. The summed E-state index contributed by atoms with van der Waals surface area (Å²) in [6.45, 7) is 13.0. The fourth-order valence-corrected chi connectivity index (χ4v) is 4.66. The van der Waals surface area contributed by atoms with Crippen molar-refractivity contribution in [2.24, 2.45) is 11.3 Å². The van der Waals surface area contributed by atoms with Crippen LogP contribution in [0.4, 0.5) is 0 Å². The minimum Gasteiger partial charge on any atom is -0.507 e. The summed E-state index contributed by atoms with van der Waals surface area (Å²) in [4.78, 5) is 0. The van der Waals surface area contributed by atoms with Crippen molar-refractivity contribution in [2.75, 3.05) is 6.61 Å². The van der Waals surface area contributed by atoms with Crippen LogP contribution in [-0.4, -0.2) is 21.9 Å². The second-order valence-corrected chi connectivity index (χ2v) is 10.4. The van der Waals surface area contributed by atoms with Crippen LogP contribution in [0.15, 0.2) is 17.7 Å². The Bertz CT molecular complexity index is 704. The summed E-state index contributed by atoms with van der Waals surface area (Å²) < 4.78 is 0. The van der Waals surface area contributed by atoms with Gasteiger partial charge >= 0.3 is 0 Å². The Labute approximate surface area is 177 Å². The fourth-order valence-electron chi connectivity index (χ4n) is 4.66. The molecule has 1 aromatic carbocycles. The Balaban J connectivity index is 2.44. The molecule has 3 N–H and O–H groups in total. The molecule has 0 aromatic heterocycles. The second-order valence-electron chi connectivity index (χ2n) is 10.4. The summed E-state index contributed by atoms with van der Waals surface area (Å²) in [6.07, 6.45) is 8.67. The summed E-state index contributed by atoms with van der Waals surface area (Å²) in [5, 5.41) is 31.9. The second kappa shape index (κ2) is 9.55. The topological polar surface area (TPSA) is 60.7 Å². The molecular formula is C26H42O3. The first kappa shape index (κ1) is 23.8. The zero-order valence-corrected chi connectivity index (χ0v) is 19.4. The standard InChI is InChI=1S/C26H42O3/c1-7-8-9-10-13-25(3,4)19-15-22(28)24(23(29)16-19)20-14-18(2)11-12-21(20)26(5,6)17-27/h15-16,18,27-29H,7-14,17H2,1-6H3. The van der Waals surface area contributed by atoms with Crippen molar-refractivity contribution in [3.63, 3.8) is 0 Å². The van der Waals surface area contributed by atoms with Gasteiger partial charge in [-0.15, -0.1) is 0 Å². The van der Waals surface area contributed by atoms with Crippen LogP contribution in [0, 0.1) is 11.3 Å². The average Bonchev–Trinajstić information content (AvgIpc) is 2.64. The zero-order valence-electron chi connectivity index (χ0n) is 19.4. The number of hydrogen-bond acceptors (Lipinski definition) is 3. The monoisotopic (exact) mass is 402 g/mol. The summed E-state index contributed by atoms with van der Waals surface area (Å²) >= 11 is 0. The minimum atomic E-state index is -0.356. The minimum absolute atomic E-state index is 0.0601. The molecule has 0 saturated heterocycles. The number of allylic oxidation sites excluding steroid dienone is 1. The molecule has 164 valence electrons. The molecule has 3 heteroatoms. The lowest BCUT2D eigenvalue weighted by atomic mass is 9.71. The fraction of sp³-hybridized carbons (Fsp3) is 0.692. The van der Waals surface area contributed by atoms with Crippen LogP contribution in [0.3, 0.4) is 0 Å². The lowest BCUT2D eigenvalue weighted by molar-refractivity contribution is 0.184. The van der Waals surface area contributed by atoms with Crippen LogP contribution < -0.4 is 0 Å².